The molecule has 1 N–H and O–H groups in total. The highest BCUT2D eigenvalue weighted by molar-refractivity contribution is 5.46. The Balaban J connectivity index is 1.58. The summed E-state index contributed by atoms with van der Waals surface area (Å²) in [6, 6.07) is 7.32. The van der Waals surface area contributed by atoms with Crippen LogP contribution < -0.4 is 14.8 Å². The number of hydrogen-bond acceptors (Lipinski definition) is 3. The van der Waals surface area contributed by atoms with Gasteiger partial charge in [-0.05, 0) is 43.4 Å². The highest BCUT2D eigenvalue weighted by Crippen LogP contribution is 2.46. The minimum Gasteiger partial charge on any atom is -0.486 e. The second-order valence-electron chi connectivity index (χ2n) is 6.15. The van der Waals surface area contributed by atoms with Crippen molar-refractivity contribution in [1.82, 2.24) is 5.32 Å². The SMILES string of the molecule is c1cc2c(cc1C1(CNC3CC3)CCC1)OCCO2. The van der Waals surface area contributed by atoms with Crippen molar-refractivity contribution >= 4 is 0 Å². The summed E-state index contributed by atoms with van der Waals surface area (Å²) in [5, 5.41) is 3.71. The lowest BCUT2D eigenvalue weighted by molar-refractivity contribution is 0.169. The molecule has 0 radical (unpaired) electrons. The summed E-state index contributed by atoms with van der Waals surface area (Å²) in [5.74, 6) is 1.83. The maximum absolute atomic E-state index is 5.72. The molecule has 19 heavy (non-hydrogen) atoms. The van der Waals surface area contributed by atoms with E-state index >= 15 is 0 Å². The Labute approximate surface area is 114 Å². The molecule has 1 heterocycles. The Hall–Kier alpha value is -1.22. The van der Waals surface area contributed by atoms with Gasteiger partial charge in [-0.15, -0.1) is 0 Å². The van der Waals surface area contributed by atoms with E-state index in [1.165, 1.54) is 37.7 Å². The fourth-order valence-corrected chi connectivity index (χ4v) is 3.17. The minimum atomic E-state index is 0.346. The molecule has 1 aliphatic heterocycles. The molecule has 0 amide bonds. The Morgan fingerprint density at radius 3 is 2.58 bits per heavy atom. The summed E-state index contributed by atoms with van der Waals surface area (Å²) in [5.41, 5.74) is 1.77. The molecule has 4 rings (SSSR count). The molecule has 102 valence electrons. The van der Waals surface area contributed by atoms with Crippen LogP contribution in [0, 0.1) is 0 Å². The smallest absolute Gasteiger partial charge is 0.161 e. The molecule has 1 aromatic carbocycles. The van der Waals surface area contributed by atoms with Crippen LogP contribution in [0.5, 0.6) is 11.5 Å². The second-order valence-corrected chi connectivity index (χ2v) is 6.15. The average Bonchev–Trinajstić information content (AvgIpc) is 3.21. The van der Waals surface area contributed by atoms with E-state index < -0.39 is 0 Å². The molecule has 0 spiro atoms. The number of hydrogen-bond donors (Lipinski definition) is 1. The van der Waals surface area contributed by atoms with E-state index in [2.05, 4.69) is 23.5 Å². The van der Waals surface area contributed by atoms with Crippen molar-refractivity contribution in [3.8, 4) is 11.5 Å². The van der Waals surface area contributed by atoms with Gasteiger partial charge in [-0.3, -0.25) is 0 Å². The van der Waals surface area contributed by atoms with Gasteiger partial charge < -0.3 is 14.8 Å². The molecule has 2 aliphatic carbocycles. The van der Waals surface area contributed by atoms with Crippen molar-refractivity contribution in [3.63, 3.8) is 0 Å². The highest BCUT2D eigenvalue weighted by atomic mass is 16.6. The van der Waals surface area contributed by atoms with Gasteiger partial charge in [0.1, 0.15) is 13.2 Å². The Bertz CT molecular complexity index is 478. The predicted octanol–water partition coefficient (Wildman–Crippen LogP) is 2.63. The van der Waals surface area contributed by atoms with Gasteiger partial charge in [-0.1, -0.05) is 12.5 Å². The number of nitrogens with one attached hydrogen (secondary N) is 1. The van der Waals surface area contributed by atoms with Gasteiger partial charge >= 0.3 is 0 Å². The molecule has 2 saturated carbocycles. The summed E-state index contributed by atoms with van der Waals surface area (Å²) >= 11 is 0. The molecule has 1 aromatic rings. The molecule has 0 aromatic heterocycles. The number of ether oxygens (including phenoxy) is 2. The summed E-state index contributed by atoms with van der Waals surface area (Å²) < 4.78 is 11.3. The van der Waals surface area contributed by atoms with Gasteiger partial charge in [-0.2, -0.15) is 0 Å². The number of benzene rings is 1. The van der Waals surface area contributed by atoms with Crippen molar-refractivity contribution in [2.24, 2.45) is 0 Å². The van der Waals surface area contributed by atoms with Crippen molar-refractivity contribution < 1.29 is 9.47 Å². The third-order valence-corrected chi connectivity index (χ3v) is 4.77. The van der Waals surface area contributed by atoms with Crippen LogP contribution in [0.1, 0.15) is 37.7 Å². The Morgan fingerprint density at radius 1 is 1.11 bits per heavy atom. The van der Waals surface area contributed by atoms with Crippen LogP contribution in [0.25, 0.3) is 0 Å². The van der Waals surface area contributed by atoms with Crippen LogP contribution in [0.3, 0.4) is 0 Å². The van der Waals surface area contributed by atoms with Gasteiger partial charge in [0.25, 0.3) is 0 Å². The minimum absolute atomic E-state index is 0.346. The zero-order valence-corrected chi connectivity index (χ0v) is 11.3. The van der Waals surface area contributed by atoms with E-state index in [4.69, 9.17) is 9.47 Å². The van der Waals surface area contributed by atoms with Crippen molar-refractivity contribution in [1.29, 1.82) is 0 Å². The van der Waals surface area contributed by atoms with Crippen LogP contribution >= 0.6 is 0 Å². The van der Waals surface area contributed by atoms with E-state index in [-0.39, 0.29) is 0 Å². The first-order valence-electron chi connectivity index (χ1n) is 7.49. The first kappa shape index (κ1) is 11.6. The van der Waals surface area contributed by atoms with Crippen LogP contribution in [0.4, 0.5) is 0 Å². The monoisotopic (exact) mass is 259 g/mol. The van der Waals surface area contributed by atoms with Gasteiger partial charge in [0.05, 0.1) is 0 Å². The molecule has 0 atom stereocenters. The fourth-order valence-electron chi connectivity index (χ4n) is 3.17. The standard InChI is InChI=1S/C16H21NO2/c1-6-16(7-1,11-17-13-3-4-13)12-2-5-14-15(10-12)19-9-8-18-14/h2,5,10,13,17H,1,3-4,6-9,11H2. The summed E-state index contributed by atoms with van der Waals surface area (Å²) in [4.78, 5) is 0. The lowest BCUT2D eigenvalue weighted by Gasteiger charge is -2.43. The van der Waals surface area contributed by atoms with Gasteiger partial charge in [0.2, 0.25) is 0 Å². The maximum atomic E-state index is 5.72. The molecule has 3 nitrogen and oxygen atoms in total. The normalized spacial score (nSPS) is 23.8. The van der Waals surface area contributed by atoms with Crippen molar-refractivity contribution in [3.05, 3.63) is 23.8 Å². The largest absolute Gasteiger partial charge is 0.486 e. The molecular formula is C16H21NO2. The molecule has 0 saturated heterocycles. The summed E-state index contributed by atoms with van der Waals surface area (Å²) in [7, 11) is 0. The van der Waals surface area contributed by atoms with Gasteiger partial charge in [-0.25, -0.2) is 0 Å². The zero-order valence-electron chi connectivity index (χ0n) is 11.3. The topological polar surface area (TPSA) is 30.5 Å². The van der Waals surface area contributed by atoms with Crippen LogP contribution in [0.15, 0.2) is 18.2 Å². The van der Waals surface area contributed by atoms with Crippen molar-refractivity contribution in [2.75, 3.05) is 19.8 Å². The van der Waals surface area contributed by atoms with Crippen LogP contribution in [-0.4, -0.2) is 25.8 Å². The average molecular weight is 259 g/mol. The van der Waals surface area contributed by atoms with E-state index in [0.717, 1.165) is 24.1 Å². The highest BCUT2D eigenvalue weighted by Gasteiger charge is 2.40. The Morgan fingerprint density at radius 2 is 1.89 bits per heavy atom. The molecule has 0 bridgehead atoms. The number of fused-ring (bicyclic) bond motifs is 1. The predicted molar refractivity (Wildman–Crippen MR) is 74.0 cm³/mol. The summed E-state index contributed by atoms with van der Waals surface area (Å²) in [6.07, 6.45) is 6.66. The molecular weight excluding hydrogens is 238 g/mol. The third-order valence-electron chi connectivity index (χ3n) is 4.77. The van der Waals surface area contributed by atoms with E-state index in [9.17, 15) is 0 Å². The molecule has 0 unspecified atom stereocenters. The lowest BCUT2D eigenvalue weighted by atomic mass is 9.64. The van der Waals surface area contributed by atoms with E-state index in [1.54, 1.807) is 0 Å². The number of rotatable bonds is 4. The van der Waals surface area contributed by atoms with Gasteiger partial charge in [0.15, 0.2) is 11.5 Å². The quantitative estimate of drug-likeness (QED) is 0.901. The fraction of sp³-hybridized carbons (Fsp3) is 0.625. The van der Waals surface area contributed by atoms with Crippen LogP contribution in [-0.2, 0) is 5.41 Å². The third kappa shape index (κ3) is 2.10. The second kappa shape index (κ2) is 4.41. The zero-order chi connectivity index (χ0) is 12.7. The van der Waals surface area contributed by atoms with E-state index in [1.807, 2.05) is 0 Å². The first-order chi connectivity index (χ1) is 9.36. The van der Waals surface area contributed by atoms with Crippen molar-refractivity contribution in [2.45, 2.75) is 43.6 Å². The molecule has 3 heteroatoms. The maximum Gasteiger partial charge on any atom is 0.161 e. The Kier molecular flexibility index (Phi) is 2.69. The van der Waals surface area contributed by atoms with Crippen LogP contribution in [0.2, 0.25) is 0 Å². The summed E-state index contributed by atoms with van der Waals surface area (Å²) in [6.45, 7) is 2.46. The molecule has 3 aliphatic rings. The van der Waals surface area contributed by atoms with E-state index in [0.29, 0.717) is 18.6 Å². The first-order valence-corrected chi connectivity index (χ1v) is 7.49. The molecule has 2 fully saturated rings. The lowest BCUT2D eigenvalue weighted by Crippen LogP contribution is -2.44. The van der Waals surface area contributed by atoms with Gasteiger partial charge in [0, 0.05) is 18.0 Å².